The van der Waals surface area contributed by atoms with E-state index in [1.54, 1.807) is 6.07 Å². The Hall–Kier alpha value is -2.87. The van der Waals surface area contributed by atoms with Crippen molar-refractivity contribution in [1.29, 1.82) is 0 Å². The molecule has 3 rings (SSSR count). The minimum absolute atomic E-state index is 0.0472. The molecule has 0 saturated heterocycles. The smallest absolute Gasteiger partial charge is 0.340 e. The zero-order chi connectivity index (χ0) is 18.7. The van der Waals surface area contributed by atoms with Gasteiger partial charge < -0.3 is 10.6 Å². The predicted octanol–water partition coefficient (Wildman–Crippen LogP) is 5.78. The van der Waals surface area contributed by atoms with Gasteiger partial charge in [-0.25, -0.2) is 9.37 Å². The Morgan fingerprint density at radius 1 is 0.885 bits per heavy atom. The quantitative estimate of drug-likeness (QED) is 0.562. The fourth-order valence-corrected chi connectivity index (χ4v) is 2.26. The summed E-state index contributed by atoms with van der Waals surface area (Å²) in [5, 5.41) is 5.70. The molecular weight excluding hydrogens is 372 g/mol. The fraction of sp³-hybridized carbons (Fsp3) is 0.0588. The van der Waals surface area contributed by atoms with Gasteiger partial charge in [-0.2, -0.15) is 18.2 Å². The lowest BCUT2D eigenvalue weighted by molar-refractivity contribution is -0.137. The molecule has 0 aliphatic heterocycles. The summed E-state index contributed by atoms with van der Waals surface area (Å²) in [5.41, 5.74) is 0.192. The van der Waals surface area contributed by atoms with Crippen LogP contribution in [0.15, 0.2) is 54.7 Å². The van der Waals surface area contributed by atoms with Gasteiger partial charge >= 0.3 is 6.18 Å². The van der Waals surface area contributed by atoms with Crippen molar-refractivity contribution < 1.29 is 17.6 Å². The summed E-state index contributed by atoms with van der Waals surface area (Å²) in [6.07, 6.45) is -2.92. The van der Waals surface area contributed by atoms with Crippen molar-refractivity contribution in [2.24, 2.45) is 0 Å². The Kier molecular flexibility index (Phi) is 4.94. The average molecular weight is 383 g/mol. The molecular formula is C17H11ClF4N4. The third-order valence-electron chi connectivity index (χ3n) is 3.32. The van der Waals surface area contributed by atoms with Crippen LogP contribution < -0.4 is 10.6 Å². The molecule has 26 heavy (non-hydrogen) atoms. The molecule has 134 valence electrons. The van der Waals surface area contributed by atoms with Gasteiger partial charge in [-0.05, 0) is 48.5 Å². The molecule has 2 N–H and O–H groups in total. The molecule has 4 nitrogen and oxygen atoms in total. The first-order valence-corrected chi connectivity index (χ1v) is 7.68. The number of aromatic nitrogens is 2. The van der Waals surface area contributed by atoms with Gasteiger partial charge in [0.25, 0.3) is 0 Å². The maximum Gasteiger partial charge on any atom is 0.416 e. The van der Waals surface area contributed by atoms with E-state index in [1.165, 1.54) is 36.5 Å². The van der Waals surface area contributed by atoms with Crippen LogP contribution in [0, 0.1) is 5.82 Å². The molecule has 0 aliphatic rings. The molecule has 0 saturated carbocycles. The SMILES string of the molecule is Fc1ccc(Nc2nccc(Nc3ccc(C(F)(F)F)cc3)n2)cc1Cl. The predicted molar refractivity (Wildman–Crippen MR) is 91.5 cm³/mol. The highest BCUT2D eigenvalue weighted by molar-refractivity contribution is 6.31. The van der Waals surface area contributed by atoms with Crippen LogP contribution in [0.4, 0.5) is 40.7 Å². The minimum Gasteiger partial charge on any atom is -0.340 e. The standard InChI is InChI=1S/C17H11ClF4N4/c18-13-9-12(5-6-14(13)19)25-16-23-8-7-15(26-16)24-11-3-1-10(2-4-11)17(20,21)22/h1-9H,(H2,23,24,25,26). The van der Waals surface area contributed by atoms with E-state index in [2.05, 4.69) is 20.6 Å². The molecule has 0 unspecified atom stereocenters. The summed E-state index contributed by atoms with van der Waals surface area (Å²) in [4.78, 5) is 8.22. The molecule has 0 radical (unpaired) electrons. The summed E-state index contributed by atoms with van der Waals surface area (Å²) in [6, 6.07) is 10.2. The molecule has 0 fully saturated rings. The largest absolute Gasteiger partial charge is 0.416 e. The molecule has 9 heteroatoms. The van der Waals surface area contributed by atoms with Crippen LogP contribution in [-0.2, 0) is 6.18 Å². The number of nitrogens with one attached hydrogen (secondary N) is 2. The molecule has 0 aliphatic carbocycles. The van der Waals surface area contributed by atoms with Crippen molar-refractivity contribution in [3.8, 4) is 0 Å². The Labute approximate surface area is 150 Å². The Morgan fingerprint density at radius 2 is 1.58 bits per heavy atom. The van der Waals surface area contributed by atoms with E-state index in [0.29, 0.717) is 17.2 Å². The second kappa shape index (κ2) is 7.17. The molecule has 0 bridgehead atoms. The van der Waals surface area contributed by atoms with Crippen LogP contribution in [0.25, 0.3) is 0 Å². The van der Waals surface area contributed by atoms with E-state index >= 15 is 0 Å². The highest BCUT2D eigenvalue weighted by Gasteiger charge is 2.29. The van der Waals surface area contributed by atoms with Gasteiger partial charge in [0, 0.05) is 17.6 Å². The minimum atomic E-state index is -4.39. The molecule has 2 aromatic carbocycles. The number of halogens is 5. The summed E-state index contributed by atoms with van der Waals surface area (Å²) >= 11 is 5.72. The summed E-state index contributed by atoms with van der Waals surface area (Å²) < 4.78 is 50.9. The number of hydrogen-bond donors (Lipinski definition) is 2. The van der Waals surface area contributed by atoms with Gasteiger partial charge in [-0.1, -0.05) is 11.6 Å². The first-order chi connectivity index (χ1) is 12.3. The third-order valence-corrected chi connectivity index (χ3v) is 3.61. The van der Waals surface area contributed by atoms with E-state index in [-0.39, 0.29) is 11.0 Å². The zero-order valence-electron chi connectivity index (χ0n) is 13.0. The molecule has 0 atom stereocenters. The second-order valence-electron chi connectivity index (χ2n) is 5.22. The molecule has 1 heterocycles. The van der Waals surface area contributed by atoms with Crippen LogP contribution in [-0.4, -0.2) is 9.97 Å². The lowest BCUT2D eigenvalue weighted by atomic mass is 10.2. The number of alkyl halides is 3. The van der Waals surface area contributed by atoms with Crippen molar-refractivity contribution >= 4 is 34.7 Å². The lowest BCUT2D eigenvalue weighted by Crippen LogP contribution is -2.05. The van der Waals surface area contributed by atoms with Crippen LogP contribution in [0.1, 0.15) is 5.56 Å². The van der Waals surface area contributed by atoms with Crippen molar-refractivity contribution in [3.63, 3.8) is 0 Å². The van der Waals surface area contributed by atoms with Crippen molar-refractivity contribution in [3.05, 3.63) is 71.1 Å². The topological polar surface area (TPSA) is 49.8 Å². The van der Waals surface area contributed by atoms with Crippen LogP contribution in [0.3, 0.4) is 0 Å². The normalized spacial score (nSPS) is 11.3. The van der Waals surface area contributed by atoms with E-state index in [9.17, 15) is 17.6 Å². The van der Waals surface area contributed by atoms with E-state index in [4.69, 9.17) is 11.6 Å². The van der Waals surface area contributed by atoms with Gasteiger partial charge in [0.05, 0.1) is 10.6 Å². The summed E-state index contributed by atoms with van der Waals surface area (Å²) in [5.74, 6) is 0.0379. The van der Waals surface area contributed by atoms with Gasteiger partial charge in [-0.3, -0.25) is 0 Å². The van der Waals surface area contributed by atoms with Crippen molar-refractivity contribution in [2.45, 2.75) is 6.18 Å². The number of rotatable bonds is 4. The zero-order valence-corrected chi connectivity index (χ0v) is 13.7. The van der Waals surface area contributed by atoms with Crippen molar-refractivity contribution in [2.75, 3.05) is 10.6 Å². The van der Waals surface area contributed by atoms with Gasteiger partial charge in [-0.15, -0.1) is 0 Å². The van der Waals surface area contributed by atoms with E-state index in [0.717, 1.165) is 12.1 Å². The molecule has 1 aromatic heterocycles. The molecule has 0 amide bonds. The number of anilines is 4. The average Bonchev–Trinajstić information content (AvgIpc) is 2.58. The number of benzene rings is 2. The first-order valence-electron chi connectivity index (χ1n) is 7.31. The summed E-state index contributed by atoms with van der Waals surface area (Å²) in [7, 11) is 0. The monoisotopic (exact) mass is 382 g/mol. The fourth-order valence-electron chi connectivity index (χ4n) is 2.08. The van der Waals surface area contributed by atoms with Gasteiger partial charge in [0.15, 0.2) is 0 Å². The summed E-state index contributed by atoms with van der Waals surface area (Å²) in [6.45, 7) is 0. The lowest BCUT2D eigenvalue weighted by Gasteiger charge is -2.10. The van der Waals surface area contributed by atoms with E-state index in [1.807, 2.05) is 0 Å². The highest BCUT2D eigenvalue weighted by atomic mass is 35.5. The van der Waals surface area contributed by atoms with Crippen LogP contribution >= 0.6 is 11.6 Å². The Morgan fingerprint density at radius 3 is 2.23 bits per heavy atom. The van der Waals surface area contributed by atoms with Crippen molar-refractivity contribution in [1.82, 2.24) is 9.97 Å². The molecule has 0 spiro atoms. The first kappa shape index (κ1) is 17.9. The Bertz CT molecular complexity index is 913. The molecule has 3 aromatic rings. The van der Waals surface area contributed by atoms with Crippen LogP contribution in [0.2, 0.25) is 5.02 Å². The maximum absolute atomic E-state index is 13.2. The number of nitrogens with zero attached hydrogens (tertiary/aromatic N) is 2. The highest BCUT2D eigenvalue weighted by Crippen LogP contribution is 2.30. The van der Waals surface area contributed by atoms with Crippen LogP contribution in [0.5, 0.6) is 0 Å². The van der Waals surface area contributed by atoms with Gasteiger partial charge in [0.1, 0.15) is 11.6 Å². The third kappa shape index (κ3) is 4.40. The number of hydrogen-bond acceptors (Lipinski definition) is 4. The van der Waals surface area contributed by atoms with E-state index < -0.39 is 17.6 Å². The Balaban J connectivity index is 1.73. The second-order valence-corrected chi connectivity index (χ2v) is 5.63. The maximum atomic E-state index is 13.2. The van der Waals surface area contributed by atoms with Gasteiger partial charge in [0.2, 0.25) is 5.95 Å².